The third-order valence-corrected chi connectivity index (χ3v) is 4.07. The van der Waals surface area contributed by atoms with Crippen LogP contribution in [-0.4, -0.2) is 46.5 Å². The van der Waals surface area contributed by atoms with Gasteiger partial charge in [0.2, 0.25) is 0 Å². The molecule has 24 heavy (non-hydrogen) atoms. The number of H-pyrrole nitrogens is 1. The number of hydrogen-bond donors (Lipinski definition) is 2. The van der Waals surface area contributed by atoms with E-state index in [1.165, 1.54) is 6.33 Å². The summed E-state index contributed by atoms with van der Waals surface area (Å²) in [5.74, 6) is 0.457. The number of hydrogen-bond acceptors (Lipinski definition) is 6. The van der Waals surface area contributed by atoms with E-state index < -0.39 is 0 Å². The Morgan fingerprint density at radius 2 is 2.12 bits per heavy atom. The van der Waals surface area contributed by atoms with Gasteiger partial charge in [-0.3, -0.25) is 5.10 Å². The van der Waals surface area contributed by atoms with Gasteiger partial charge in [-0.15, -0.1) is 0 Å². The Kier molecular flexibility index (Phi) is 3.96. The molecule has 1 aliphatic rings. The number of halogens is 1. The molecule has 0 spiro atoms. The molecule has 0 saturated carbocycles. The predicted octanol–water partition coefficient (Wildman–Crippen LogP) is 1.94. The Morgan fingerprint density at radius 3 is 2.96 bits per heavy atom. The van der Waals surface area contributed by atoms with Gasteiger partial charge in [0, 0.05) is 19.6 Å². The van der Waals surface area contributed by atoms with E-state index in [0.29, 0.717) is 50.0 Å². The number of morpholine rings is 1. The average Bonchev–Trinajstić information content (AvgIpc) is 3.10. The fraction of sp³-hybridized carbons (Fsp3) is 0.312. The average molecular weight is 328 g/mol. The molecule has 3 aromatic rings. The first-order chi connectivity index (χ1) is 11.8. The van der Waals surface area contributed by atoms with E-state index in [-0.39, 0.29) is 5.82 Å². The van der Waals surface area contributed by atoms with Crippen molar-refractivity contribution >= 4 is 22.5 Å². The van der Waals surface area contributed by atoms with Crippen LogP contribution in [0.1, 0.15) is 5.56 Å². The first-order valence-corrected chi connectivity index (χ1v) is 7.80. The topological polar surface area (TPSA) is 79.0 Å². The van der Waals surface area contributed by atoms with E-state index in [4.69, 9.17) is 4.74 Å². The van der Waals surface area contributed by atoms with E-state index in [1.807, 2.05) is 17.0 Å². The largest absolute Gasteiger partial charge is 0.378 e. The fourth-order valence-corrected chi connectivity index (χ4v) is 2.81. The second-order valence-electron chi connectivity index (χ2n) is 5.59. The van der Waals surface area contributed by atoms with Gasteiger partial charge in [0.15, 0.2) is 5.65 Å². The van der Waals surface area contributed by atoms with Gasteiger partial charge >= 0.3 is 0 Å². The zero-order valence-corrected chi connectivity index (χ0v) is 13.0. The van der Waals surface area contributed by atoms with Crippen molar-refractivity contribution in [3.8, 4) is 0 Å². The predicted molar refractivity (Wildman–Crippen MR) is 88.4 cm³/mol. The van der Waals surface area contributed by atoms with E-state index in [2.05, 4.69) is 25.5 Å². The Balaban J connectivity index is 1.49. The van der Waals surface area contributed by atoms with Gasteiger partial charge in [0.05, 0.1) is 30.5 Å². The molecule has 1 aliphatic heterocycles. The monoisotopic (exact) mass is 328 g/mol. The van der Waals surface area contributed by atoms with Crippen LogP contribution in [0.4, 0.5) is 15.9 Å². The highest BCUT2D eigenvalue weighted by molar-refractivity contribution is 5.85. The SMILES string of the molecule is Fc1cc(CNc2ncnc3[nH]ncc23)ccc1N1CCOCC1. The van der Waals surface area contributed by atoms with Crippen LogP contribution in [0, 0.1) is 5.82 Å². The van der Waals surface area contributed by atoms with E-state index >= 15 is 0 Å². The first-order valence-electron chi connectivity index (χ1n) is 7.80. The van der Waals surface area contributed by atoms with Gasteiger partial charge in [-0.1, -0.05) is 6.07 Å². The van der Waals surface area contributed by atoms with E-state index in [9.17, 15) is 4.39 Å². The highest BCUT2D eigenvalue weighted by Gasteiger charge is 2.15. The second kappa shape index (κ2) is 6.40. The molecule has 124 valence electrons. The molecule has 1 fully saturated rings. The zero-order chi connectivity index (χ0) is 16.4. The molecular weight excluding hydrogens is 311 g/mol. The lowest BCUT2D eigenvalue weighted by Gasteiger charge is -2.29. The number of anilines is 2. The number of benzene rings is 1. The summed E-state index contributed by atoms with van der Waals surface area (Å²) in [6.45, 7) is 3.17. The van der Waals surface area contributed by atoms with Crippen molar-refractivity contribution in [2.45, 2.75) is 6.54 Å². The Bertz CT molecular complexity index is 845. The molecule has 1 aromatic carbocycles. The van der Waals surface area contributed by atoms with Crippen molar-refractivity contribution in [3.63, 3.8) is 0 Å². The molecule has 0 unspecified atom stereocenters. The second-order valence-corrected chi connectivity index (χ2v) is 5.59. The maximum absolute atomic E-state index is 14.4. The van der Waals surface area contributed by atoms with Gasteiger partial charge in [-0.2, -0.15) is 5.10 Å². The summed E-state index contributed by atoms with van der Waals surface area (Å²) >= 11 is 0. The summed E-state index contributed by atoms with van der Waals surface area (Å²) in [7, 11) is 0. The first kappa shape index (κ1) is 14.8. The molecule has 7 nitrogen and oxygen atoms in total. The lowest BCUT2D eigenvalue weighted by molar-refractivity contribution is 0.122. The number of rotatable bonds is 4. The van der Waals surface area contributed by atoms with E-state index in [1.54, 1.807) is 12.3 Å². The van der Waals surface area contributed by atoms with Crippen LogP contribution in [0.3, 0.4) is 0 Å². The number of ether oxygens (including phenoxy) is 1. The Morgan fingerprint density at radius 1 is 1.25 bits per heavy atom. The lowest BCUT2D eigenvalue weighted by atomic mass is 10.1. The summed E-state index contributed by atoms with van der Waals surface area (Å²) in [5, 5.41) is 10.8. The summed E-state index contributed by atoms with van der Waals surface area (Å²) < 4.78 is 19.7. The Hall–Kier alpha value is -2.74. The molecule has 0 bridgehead atoms. The van der Waals surface area contributed by atoms with Gasteiger partial charge in [0.1, 0.15) is 18.0 Å². The number of nitrogens with one attached hydrogen (secondary N) is 2. The number of fused-ring (bicyclic) bond motifs is 1. The summed E-state index contributed by atoms with van der Waals surface area (Å²) in [6.07, 6.45) is 3.13. The van der Waals surface area contributed by atoms with Crippen molar-refractivity contribution < 1.29 is 9.13 Å². The normalized spacial score (nSPS) is 15.0. The van der Waals surface area contributed by atoms with Gasteiger partial charge in [-0.25, -0.2) is 14.4 Å². The molecule has 8 heteroatoms. The minimum atomic E-state index is -0.215. The summed E-state index contributed by atoms with van der Waals surface area (Å²) in [5.41, 5.74) is 2.14. The van der Waals surface area contributed by atoms with E-state index in [0.717, 1.165) is 10.9 Å². The Labute approximate surface area is 137 Å². The molecule has 4 rings (SSSR count). The van der Waals surface area contributed by atoms with Crippen molar-refractivity contribution in [2.24, 2.45) is 0 Å². The highest BCUT2D eigenvalue weighted by atomic mass is 19.1. The lowest BCUT2D eigenvalue weighted by Crippen LogP contribution is -2.36. The molecular formula is C16H17FN6O. The van der Waals surface area contributed by atoms with Crippen LogP contribution in [0.2, 0.25) is 0 Å². The fourth-order valence-electron chi connectivity index (χ4n) is 2.81. The van der Waals surface area contributed by atoms with Gasteiger partial charge in [-0.05, 0) is 17.7 Å². The molecule has 2 N–H and O–H groups in total. The molecule has 0 aliphatic carbocycles. The number of aromatic amines is 1. The summed E-state index contributed by atoms with van der Waals surface area (Å²) in [6, 6.07) is 5.31. The molecule has 0 radical (unpaired) electrons. The van der Waals surface area contributed by atoms with Crippen LogP contribution in [0.25, 0.3) is 11.0 Å². The number of aromatic nitrogens is 4. The minimum absolute atomic E-state index is 0.215. The zero-order valence-electron chi connectivity index (χ0n) is 13.0. The van der Waals surface area contributed by atoms with Crippen LogP contribution in [-0.2, 0) is 11.3 Å². The molecule has 1 saturated heterocycles. The van der Waals surface area contributed by atoms with Crippen LogP contribution < -0.4 is 10.2 Å². The van der Waals surface area contributed by atoms with Crippen LogP contribution in [0.15, 0.2) is 30.7 Å². The quantitative estimate of drug-likeness (QED) is 0.762. The molecule has 3 heterocycles. The van der Waals surface area contributed by atoms with Crippen LogP contribution >= 0.6 is 0 Å². The highest BCUT2D eigenvalue weighted by Crippen LogP contribution is 2.23. The van der Waals surface area contributed by atoms with Crippen molar-refractivity contribution in [1.29, 1.82) is 0 Å². The van der Waals surface area contributed by atoms with Crippen LogP contribution in [0.5, 0.6) is 0 Å². The van der Waals surface area contributed by atoms with Crippen molar-refractivity contribution in [2.75, 3.05) is 36.5 Å². The van der Waals surface area contributed by atoms with Gasteiger partial charge < -0.3 is 15.0 Å². The smallest absolute Gasteiger partial charge is 0.160 e. The third kappa shape index (κ3) is 2.88. The molecule has 2 aromatic heterocycles. The summed E-state index contributed by atoms with van der Waals surface area (Å²) in [4.78, 5) is 10.3. The minimum Gasteiger partial charge on any atom is -0.378 e. The number of nitrogens with zero attached hydrogens (tertiary/aromatic N) is 4. The molecule has 0 atom stereocenters. The maximum atomic E-state index is 14.4. The molecule has 0 amide bonds. The van der Waals surface area contributed by atoms with Crippen molar-refractivity contribution in [1.82, 2.24) is 20.2 Å². The maximum Gasteiger partial charge on any atom is 0.160 e. The third-order valence-electron chi connectivity index (χ3n) is 4.07. The van der Waals surface area contributed by atoms with Crippen molar-refractivity contribution in [3.05, 3.63) is 42.1 Å². The van der Waals surface area contributed by atoms with Gasteiger partial charge in [0.25, 0.3) is 0 Å². The standard InChI is InChI=1S/C16H17FN6O/c17-13-7-11(1-2-14(13)23-3-5-24-6-4-23)8-18-15-12-9-21-22-16(12)20-10-19-15/h1-2,7,9-10H,3-6,8H2,(H2,18,19,20,21,22).